The van der Waals surface area contributed by atoms with E-state index in [1.165, 1.54) is 0 Å². The summed E-state index contributed by atoms with van der Waals surface area (Å²) in [7, 11) is 0. The van der Waals surface area contributed by atoms with E-state index in [9.17, 15) is 20.4 Å². The normalized spacial score (nSPS) is 32.6. The summed E-state index contributed by atoms with van der Waals surface area (Å²) in [5.41, 5.74) is 0. The zero-order chi connectivity index (χ0) is 18.3. The molecule has 0 amide bonds. The first kappa shape index (κ1) is 21.4. The Hall–Kier alpha value is -0.680. The van der Waals surface area contributed by atoms with Gasteiger partial charge in [-0.25, -0.2) is 0 Å². The van der Waals surface area contributed by atoms with E-state index in [0.717, 1.165) is 12.8 Å². The second-order valence-corrected chi connectivity index (χ2v) is 7.72. The molecule has 24 heavy (non-hydrogen) atoms. The minimum Gasteiger partial charge on any atom is -0.393 e. The van der Waals surface area contributed by atoms with Gasteiger partial charge in [-0.1, -0.05) is 26.0 Å². The monoisotopic (exact) mass is 340 g/mol. The zero-order valence-corrected chi connectivity index (χ0v) is 15.2. The van der Waals surface area contributed by atoms with Gasteiger partial charge in [-0.05, 0) is 62.2 Å². The summed E-state index contributed by atoms with van der Waals surface area (Å²) in [6.07, 6.45) is 6.32. The van der Waals surface area contributed by atoms with Crippen molar-refractivity contribution in [3.05, 3.63) is 25.3 Å². The molecule has 0 saturated heterocycles. The molecule has 2 aliphatic rings. The second-order valence-electron chi connectivity index (χ2n) is 7.72. The minimum absolute atomic E-state index is 0.310. The highest BCUT2D eigenvalue weighted by Crippen LogP contribution is 2.42. The van der Waals surface area contributed by atoms with E-state index in [0.29, 0.717) is 49.4 Å². The molecule has 0 aliphatic heterocycles. The van der Waals surface area contributed by atoms with Crippen LogP contribution in [0, 0.1) is 23.7 Å². The van der Waals surface area contributed by atoms with E-state index in [4.69, 9.17) is 0 Å². The van der Waals surface area contributed by atoms with Crippen LogP contribution in [0.15, 0.2) is 25.3 Å². The van der Waals surface area contributed by atoms with E-state index >= 15 is 0 Å². The summed E-state index contributed by atoms with van der Waals surface area (Å²) in [6, 6.07) is 0. The Bertz CT molecular complexity index is 348. The van der Waals surface area contributed by atoms with E-state index < -0.39 is 12.2 Å². The molecule has 0 aromatic rings. The first-order chi connectivity index (χ1) is 11.3. The summed E-state index contributed by atoms with van der Waals surface area (Å²) < 4.78 is 0. The molecule has 4 heteroatoms. The fourth-order valence-corrected chi connectivity index (χ4v) is 3.26. The molecule has 8 atom stereocenters. The van der Waals surface area contributed by atoms with Crippen molar-refractivity contribution in [1.82, 2.24) is 0 Å². The van der Waals surface area contributed by atoms with Gasteiger partial charge in [-0.2, -0.15) is 0 Å². The van der Waals surface area contributed by atoms with Crippen LogP contribution in [0.2, 0.25) is 0 Å². The predicted octanol–water partition coefficient (Wildman–Crippen LogP) is 2.66. The lowest BCUT2D eigenvalue weighted by Gasteiger charge is -2.13. The van der Waals surface area contributed by atoms with Crippen LogP contribution in [0.4, 0.5) is 0 Å². The van der Waals surface area contributed by atoms with E-state index in [1.807, 2.05) is 0 Å². The molecule has 2 aliphatic carbocycles. The first-order valence-corrected chi connectivity index (χ1v) is 9.24. The third kappa shape index (κ3) is 7.93. The predicted molar refractivity (Wildman–Crippen MR) is 97.4 cm³/mol. The molecular weight excluding hydrogens is 304 g/mol. The topological polar surface area (TPSA) is 80.9 Å². The summed E-state index contributed by atoms with van der Waals surface area (Å²) in [4.78, 5) is 0. The Balaban J connectivity index is 0.000000240. The summed E-state index contributed by atoms with van der Waals surface area (Å²) in [6.45, 7) is 11.3. The van der Waals surface area contributed by atoms with Crippen LogP contribution >= 0.6 is 0 Å². The number of hydrogen-bond donors (Lipinski definition) is 4. The Morgan fingerprint density at radius 2 is 1.08 bits per heavy atom. The van der Waals surface area contributed by atoms with Crippen molar-refractivity contribution >= 4 is 0 Å². The fraction of sp³-hybridized carbons (Fsp3) is 0.800. The quantitative estimate of drug-likeness (QED) is 0.461. The second kappa shape index (κ2) is 10.3. The molecule has 4 N–H and O–H groups in total. The molecule has 0 heterocycles. The molecule has 4 nitrogen and oxygen atoms in total. The lowest BCUT2D eigenvalue weighted by molar-refractivity contribution is 0.0661. The van der Waals surface area contributed by atoms with Crippen molar-refractivity contribution in [2.45, 2.75) is 76.8 Å². The van der Waals surface area contributed by atoms with Crippen LogP contribution in [-0.2, 0) is 0 Å². The smallest absolute Gasteiger partial charge is 0.0599 e. The van der Waals surface area contributed by atoms with E-state index in [1.54, 1.807) is 12.2 Å². The van der Waals surface area contributed by atoms with Crippen molar-refractivity contribution in [2.75, 3.05) is 0 Å². The number of aliphatic hydroxyl groups is 4. The average molecular weight is 341 g/mol. The molecule has 0 bridgehead atoms. The van der Waals surface area contributed by atoms with Crippen LogP contribution in [0.1, 0.15) is 52.4 Å². The van der Waals surface area contributed by atoms with Crippen LogP contribution < -0.4 is 0 Å². The zero-order valence-electron chi connectivity index (χ0n) is 15.2. The van der Waals surface area contributed by atoms with Crippen molar-refractivity contribution in [3.63, 3.8) is 0 Å². The molecule has 0 aromatic carbocycles. The third-order valence-electron chi connectivity index (χ3n) is 5.24. The van der Waals surface area contributed by atoms with E-state index in [-0.39, 0.29) is 12.2 Å². The van der Waals surface area contributed by atoms with Crippen molar-refractivity contribution in [1.29, 1.82) is 0 Å². The molecule has 2 saturated carbocycles. The fourth-order valence-electron chi connectivity index (χ4n) is 3.26. The molecule has 0 radical (unpaired) electrons. The summed E-state index contributed by atoms with van der Waals surface area (Å²) >= 11 is 0. The summed E-state index contributed by atoms with van der Waals surface area (Å²) in [5, 5.41) is 37.8. The van der Waals surface area contributed by atoms with Gasteiger partial charge in [0.15, 0.2) is 0 Å². The SMILES string of the molecule is C=CC[C@@H](O)C[C@@H](O)[C@@H]1C[C@H]1C.C=CC[C@H](O)C[C@@H](O)[C@@H]1C[C@H]1C. The van der Waals surface area contributed by atoms with Gasteiger partial charge in [0.2, 0.25) is 0 Å². The first-order valence-electron chi connectivity index (χ1n) is 9.24. The standard InChI is InChI=1S/2C10H18O2/c2*1-3-4-8(11)6-10(12)9-5-7(9)2/h2*3,7-12H,1,4-6H2,2H3/t7-,8+,9-,10-;7-,8-,9-,10-/m11/s1. The largest absolute Gasteiger partial charge is 0.393 e. The number of hydrogen-bond acceptors (Lipinski definition) is 4. The third-order valence-corrected chi connectivity index (χ3v) is 5.24. The Morgan fingerprint density at radius 3 is 1.29 bits per heavy atom. The van der Waals surface area contributed by atoms with Gasteiger partial charge in [0.05, 0.1) is 24.4 Å². The highest BCUT2D eigenvalue weighted by Gasteiger charge is 2.39. The number of rotatable bonds is 10. The van der Waals surface area contributed by atoms with Crippen molar-refractivity contribution in [2.24, 2.45) is 23.7 Å². The van der Waals surface area contributed by atoms with Gasteiger partial charge in [0, 0.05) is 0 Å². The number of aliphatic hydroxyl groups excluding tert-OH is 4. The minimum atomic E-state index is -0.412. The van der Waals surface area contributed by atoms with E-state index in [2.05, 4.69) is 27.0 Å². The molecule has 0 spiro atoms. The van der Waals surface area contributed by atoms with Gasteiger partial charge in [-0.15, -0.1) is 13.2 Å². The van der Waals surface area contributed by atoms with Gasteiger partial charge >= 0.3 is 0 Å². The van der Waals surface area contributed by atoms with Gasteiger partial charge < -0.3 is 20.4 Å². The maximum Gasteiger partial charge on any atom is 0.0599 e. The molecule has 0 aromatic heterocycles. The molecule has 2 rings (SSSR count). The van der Waals surface area contributed by atoms with Crippen LogP contribution in [-0.4, -0.2) is 44.8 Å². The van der Waals surface area contributed by atoms with Crippen LogP contribution in [0.5, 0.6) is 0 Å². The lowest BCUT2D eigenvalue weighted by atomic mass is 10.0. The Morgan fingerprint density at radius 1 is 0.792 bits per heavy atom. The van der Waals surface area contributed by atoms with Crippen molar-refractivity contribution in [3.8, 4) is 0 Å². The van der Waals surface area contributed by atoms with Crippen molar-refractivity contribution < 1.29 is 20.4 Å². The summed E-state index contributed by atoms with van der Waals surface area (Å²) in [5.74, 6) is 2.17. The molecule has 140 valence electrons. The van der Waals surface area contributed by atoms with Crippen LogP contribution in [0.25, 0.3) is 0 Å². The molecule has 2 fully saturated rings. The lowest BCUT2D eigenvalue weighted by Crippen LogP contribution is -2.19. The Kier molecular flexibility index (Phi) is 9.21. The molecular formula is C20H36O4. The highest BCUT2D eigenvalue weighted by molar-refractivity contribution is 4.90. The van der Waals surface area contributed by atoms with Crippen LogP contribution in [0.3, 0.4) is 0 Å². The van der Waals surface area contributed by atoms with Gasteiger partial charge in [0.1, 0.15) is 0 Å². The van der Waals surface area contributed by atoms with Gasteiger partial charge in [0.25, 0.3) is 0 Å². The highest BCUT2D eigenvalue weighted by atomic mass is 16.3. The maximum absolute atomic E-state index is 9.56. The molecule has 0 unspecified atom stereocenters. The maximum atomic E-state index is 9.56. The Labute approximate surface area is 146 Å². The van der Waals surface area contributed by atoms with Gasteiger partial charge in [-0.3, -0.25) is 0 Å². The average Bonchev–Trinajstić information content (AvgIpc) is 3.38.